The second kappa shape index (κ2) is 6.51. The molecule has 0 heterocycles. The van der Waals surface area contributed by atoms with Gasteiger partial charge in [0.1, 0.15) is 0 Å². The van der Waals surface area contributed by atoms with Crippen molar-refractivity contribution in [2.45, 2.75) is 32.4 Å². The van der Waals surface area contributed by atoms with Gasteiger partial charge in [-0.1, -0.05) is 13.3 Å². The lowest BCUT2D eigenvalue weighted by Gasteiger charge is -2.11. The molecule has 0 fully saturated rings. The van der Waals surface area contributed by atoms with Crippen LogP contribution in [0.2, 0.25) is 0 Å². The molecule has 0 aliphatic heterocycles. The summed E-state index contributed by atoms with van der Waals surface area (Å²) in [5, 5.41) is 21.2. The van der Waals surface area contributed by atoms with Gasteiger partial charge in [0.2, 0.25) is 0 Å². The molecule has 0 spiro atoms. The molecule has 1 atom stereocenters. The van der Waals surface area contributed by atoms with Gasteiger partial charge in [-0.2, -0.15) is 0 Å². The van der Waals surface area contributed by atoms with Crippen LogP contribution in [0.25, 0.3) is 0 Å². The van der Waals surface area contributed by atoms with E-state index in [1.165, 1.54) is 0 Å². The van der Waals surface area contributed by atoms with E-state index in [4.69, 9.17) is 5.11 Å². The molecular formula is C12H17F2NO2. The van der Waals surface area contributed by atoms with Gasteiger partial charge in [-0.05, 0) is 24.1 Å². The SMILES string of the molecule is CCCC(O)CNCc1cc(F)c(O)c(F)c1. The number of hydrogen-bond acceptors (Lipinski definition) is 3. The molecule has 0 saturated carbocycles. The topological polar surface area (TPSA) is 52.5 Å². The van der Waals surface area contributed by atoms with E-state index in [0.29, 0.717) is 18.5 Å². The Bertz CT molecular complexity index is 349. The molecule has 0 saturated heterocycles. The third-order valence-electron chi connectivity index (χ3n) is 2.41. The highest BCUT2D eigenvalue weighted by atomic mass is 19.1. The van der Waals surface area contributed by atoms with Crippen molar-refractivity contribution in [1.82, 2.24) is 5.32 Å². The first-order valence-electron chi connectivity index (χ1n) is 5.60. The van der Waals surface area contributed by atoms with Crippen LogP contribution in [-0.2, 0) is 6.54 Å². The van der Waals surface area contributed by atoms with Gasteiger partial charge in [0.25, 0.3) is 0 Å². The minimum absolute atomic E-state index is 0.245. The Morgan fingerprint density at radius 3 is 2.41 bits per heavy atom. The molecular weight excluding hydrogens is 228 g/mol. The number of benzene rings is 1. The monoisotopic (exact) mass is 245 g/mol. The summed E-state index contributed by atoms with van der Waals surface area (Å²) in [5.41, 5.74) is 0.390. The van der Waals surface area contributed by atoms with Crippen LogP contribution < -0.4 is 5.32 Å². The largest absolute Gasteiger partial charge is 0.503 e. The molecule has 17 heavy (non-hydrogen) atoms. The Kier molecular flexibility index (Phi) is 5.31. The van der Waals surface area contributed by atoms with Crippen molar-refractivity contribution in [2.75, 3.05) is 6.54 Å². The number of phenols is 1. The average molecular weight is 245 g/mol. The maximum absolute atomic E-state index is 13.0. The second-order valence-electron chi connectivity index (χ2n) is 3.98. The third-order valence-corrected chi connectivity index (χ3v) is 2.41. The van der Waals surface area contributed by atoms with Gasteiger partial charge in [-0.3, -0.25) is 0 Å². The van der Waals surface area contributed by atoms with Gasteiger partial charge in [0, 0.05) is 13.1 Å². The van der Waals surface area contributed by atoms with Gasteiger partial charge >= 0.3 is 0 Å². The standard InChI is InChI=1S/C12H17F2NO2/c1-2-3-9(16)7-15-6-8-4-10(13)12(17)11(14)5-8/h4-5,9,15-17H,2-3,6-7H2,1H3. The summed E-state index contributed by atoms with van der Waals surface area (Å²) in [5.74, 6) is -2.91. The number of rotatable bonds is 6. The first-order chi connectivity index (χ1) is 8.04. The van der Waals surface area contributed by atoms with Crippen molar-refractivity contribution < 1.29 is 19.0 Å². The first-order valence-corrected chi connectivity index (χ1v) is 5.60. The minimum Gasteiger partial charge on any atom is -0.503 e. The molecule has 1 aromatic rings. The van der Waals surface area contributed by atoms with Crippen molar-refractivity contribution in [3.05, 3.63) is 29.3 Å². The fraction of sp³-hybridized carbons (Fsp3) is 0.500. The molecule has 1 unspecified atom stereocenters. The molecule has 3 nitrogen and oxygen atoms in total. The predicted molar refractivity (Wildman–Crippen MR) is 60.6 cm³/mol. The Labute approximate surface area is 99.1 Å². The zero-order valence-electron chi connectivity index (χ0n) is 9.71. The van der Waals surface area contributed by atoms with Gasteiger partial charge in [0.15, 0.2) is 17.4 Å². The van der Waals surface area contributed by atoms with Crippen LogP contribution in [0, 0.1) is 11.6 Å². The molecule has 1 rings (SSSR count). The summed E-state index contributed by atoms with van der Waals surface area (Å²) >= 11 is 0. The Morgan fingerprint density at radius 2 is 1.88 bits per heavy atom. The van der Waals surface area contributed by atoms with E-state index in [2.05, 4.69) is 5.32 Å². The zero-order valence-corrected chi connectivity index (χ0v) is 9.71. The van der Waals surface area contributed by atoms with E-state index >= 15 is 0 Å². The summed E-state index contributed by atoms with van der Waals surface area (Å²) in [7, 11) is 0. The molecule has 1 aromatic carbocycles. The highest BCUT2D eigenvalue weighted by Crippen LogP contribution is 2.21. The predicted octanol–water partition coefficient (Wildman–Crippen LogP) is 1.92. The Morgan fingerprint density at radius 1 is 1.29 bits per heavy atom. The normalized spacial score (nSPS) is 12.7. The van der Waals surface area contributed by atoms with E-state index in [0.717, 1.165) is 18.6 Å². The number of aliphatic hydroxyl groups excluding tert-OH is 1. The molecule has 0 bridgehead atoms. The summed E-state index contributed by atoms with van der Waals surface area (Å²) in [6.45, 7) is 2.58. The molecule has 0 aliphatic rings. The van der Waals surface area contributed by atoms with E-state index in [-0.39, 0.29) is 6.54 Å². The van der Waals surface area contributed by atoms with E-state index in [1.54, 1.807) is 0 Å². The first kappa shape index (κ1) is 13.9. The van der Waals surface area contributed by atoms with Crippen molar-refractivity contribution in [3.63, 3.8) is 0 Å². The smallest absolute Gasteiger partial charge is 0.187 e. The van der Waals surface area contributed by atoms with Gasteiger partial charge in [-0.15, -0.1) is 0 Å². The number of aromatic hydroxyl groups is 1. The van der Waals surface area contributed by atoms with Gasteiger partial charge in [0.05, 0.1) is 6.10 Å². The lowest BCUT2D eigenvalue weighted by Crippen LogP contribution is -2.26. The maximum atomic E-state index is 13.0. The fourth-order valence-corrected chi connectivity index (χ4v) is 1.54. The summed E-state index contributed by atoms with van der Waals surface area (Å²) in [6.07, 6.45) is 1.11. The summed E-state index contributed by atoms with van der Waals surface area (Å²) in [4.78, 5) is 0. The summed E-state index contributed by atoms with van der Waals surface area (Å²) in [6, 6.07) is 2.13. The van der Waals surface area contributed by atoms with Crippen molar-refractivity contribution in [1.29, 1.82) is 0 Å². The second-order valence-corrected chi connectivity index (χ2v) is 3.98. The highest BCUT2D eigenvalue weighted by molar-refractivity contribution is 5.29. The van der Waals surface area contributed by atoms with Crippen molar-refractivity contribution in [3.8, 4) is 5.75 Å². The minimum atomic E-state index is -0.976. The number of nitrogens with one attached hydrogen (secondary N) is 1. The zero-order chi connectivity index (χ0) is 12.8. The van der Waals surface area contributed by atoms with Gasteiger partial charge < -0.3 is 15.5 Å². The van der Waals surface area contributed by atoms with Crippen LogP contribution in [0.15, 0.2) is 12.1 Å². The molecule has 5 heteroatoms. The Balaban J connectivity index is 2.47. The number of aliphatic hydroxyl groups is 1. The highest BCUT2D eigenvalue weighted by Gasteiger charge is 2.09. The van der Waals surface area contributed by atoms with Crippen molar-refractivity contribution >= 4 is 0 Å². The fourth-order valence-electron chi connectivity index (χ4n) is 1.54. The van der Waals surface area contributed by atoms with Crippen LogP contribution in [0.3, 0.4) is 0 Å². The molecule has 0 aliphatic carbocycles. The van der Waals surface area contributed by atoms with Crippen LogP contribution in [0.4, 0.5) is 8.78 Å². The number of phenolic OH excluding ortho intramolecular Hbond substituents is 1. The van der Waals surface area contributed by atoms with Crippen LogP contribution in [0.5, 0.6) is 5.75 Å². The quantitative estimate of drug-likeness (QED) is 0.717. The lowest BCUT2D eigenvalue weighted by molar-refractivity contribution is 0.160. The lowest BCUT2D eigenvalue weighted by atomic mass is 10.2. The molecule has 0 aromatic heterocycles. The maximum Gasteiger partial charge on any atom is 0.187 e. The van der Waals surface area contributed by atoms with Crippen LogP contribution in [-0.4, -0.2) is 22.9 Å². The van der Waals surface area contributed by atoms with E-state index in [1.807, 2.05) is 6.92 Å². The molecule has 3 N–H and O–H groups in total. The van der Waals surface area contributed by atoms with Crippen LogP contribution >= 0.6 is 0 Å². The Hall–Kier alpha value is -1.20. The third kappa shape index (κ3) is 4.28. The summed E-state index contributed by atoms with van der Waals surface area (Å²) < 4.78 is 26.0. The molecule has 0 amide bonds. The average Bonchev–Trinajstić information content (AvgIpc) is 2.26. The van der Waals surface area contributed by atoms with E-state index < -0.39 is 23.5 Å². The number of hydrogen-bond donors (Lipinski definition) is 3. The molecule has 0 radical (unpaired) electrons. The van der Waals surface area contributed by atoms with Crippen molar-refractivity contribution in [2.24, 2.45) is 0 Å². The van der Waals surface area contributed by atoms with E-state index in [9.17, 15) is 13.9 Å². The van der Waals surface area contributed by atoms with Crippen LogP contribution in [0.1, 0.15) is 25.3 Å². The number of halogens is 2. The molecule has 96 valence electrons. The van der Waals surface area contributed by atoms with Gasteiger partial charge in [-0.25, -0.2) is 8.78 Å².